The first-order valence-electron chi connectivity index (χ1n) is 6.41. The second-order valence-electron chi connectivity index (χ2n) is 4.99. The summed E-state index contributed by atoms with van der Waals surface area (Å²) in [6.45, 7) is 2.72. The molecule has 0 saturated heterocycles. The molecule has 0 amide bonds. The van der Waals surface area contributed by atoms with Crippen molar-refractivity contribution in [3.63, 3.8) is 0 Å². The Kier molecular flexibility index (Phi) is 1.98. The van der Waals surface area contributed by atoms with E-state index in [1.54, 1.807) is 6.33 Å². The molecule has 94 valence electrons. The number of fused-ring (bicyclic) bond motifs is 5. The molecule has 0 saturated carbocycles. The third-order valence-corrected chi connectivity index (χ3v) is 3.93. The van der Waals surface area contributed by atoms with E-state index in [-0.39, 0.29) is 5.56 Å². The Morgan fingerprint density at radius 2 is 2.16 bits per heavy atom. The predicted octanol–water partition coefficient (Wildman–Crippen LogP) is 2.26. The number of hydrogen-bond donors (Lipinski definition) is 1. The van der Waals surface area contributed by atoms with Crippen molar-refractivity contribution in [2.75, 3.05) is 0 Å². The summed E-state index contributed by atoms with van der Waals surface area (Å²) in [5.41, 5.74) is 5.07. The smallest absolute Gasteiger partial charge is 0.276 e. The topological polar surface area (TPSA) is 50.7 Å². The number of benzene rings is 1. The Morgan fingerprint density at radius 1 is 1.32 bits per heavy atom. The van der Waals surface area contributed by atoms with Crippen LogP contribution in [0.2, 0.25) is 0 Å². The molecule has 0 aliphatic carbocycles. The van der Waals surface area contributed by atoms with Crippen molar-refractivity contribution in [2.24, 2.45) is 0 Å². The first-order chi connectivity index (χ1) is 9.25. The molecule has 4 nitrogen and oxygen atoms in total. The maximum absolute atomic E-state index is 11.8. The van der Waals surface area contributed by atoms with Crippen LogP contribution < -0.4 is 5.56 Å². The maximum atomic E-state index is 11.8. The molecule has 3 aromatic rings. The van der Waals surface area contributed by atoms with Crippen molar-refractivity contribution in [3.8, 4) is 11.4 Å². The second kappa shape index (κ2) is 3.57. The van der Waals surface area contributed by atoms with E-state index in [1.807, 2.05) is 13.0 Å². The van der Waals surface area contributed by atoms with Gasteiger partial charge in [0.05, 0.1) is 17.7 Å². The summed E-state index contributed by atoms with van der Waals surface area (Å²) in [4.78, 5) is 19.1. The Morgan fingerprint density at radius 3 is 3.05 bits per heavy atom. The highest BCUT2D eigenvalue weighted by atomic mass is 16.1. The lowest BCUT2D eigenvalue weighted by Crippen LogP contribution is -2.21. The SMILES string of the molecule is Cc1c2n(cnc1=O)CCc1c-2[nH]c2ccccc12. The molecule has 0 spiro atoms. The van der Waals surface area contributed by atoms with E-state index in [9.17, 15) is 4.79 Å². The molecule has 4 heteroatoms. The summed E-state index contributed by atoms with van der Waals surface area (Å²) in [5.74, 6) is 0. The average molecular weight is 251 g/mol. The lowest BCUT2D eigenvalue weighted by molar-refractivity contribution is 0.659. The summed E-state index contributed by atoms with van der Waals surface area (Å²) in [6, 6.07) is 8.29. The fourth-order valence-corrected chi connectivity index (χ4v) is 2.99. The lowest BCUT2D eigenvalue weighted by Gasteiger charge is -2.20. The van der Waals surface area contributed by atoms with Gasteiger partial charge in [-0.05, 0) is 25.0 Å². The number of nitrogens with one attached hydrogen (secondary N) is 1. The fourth-order valence-electron chi connectivity index (χ4n) is 2.99. The molecule has 0 radical (unpaired) electrons. The van der Waals surface area contributed by atoms with Crippen LogP contribution in [0.5, 0.6) is 0 Å². The number of rotatable bonds is 0. The van der Waals surface area contributed by atoms with Gasteiger partial charge in [0, 0.05) is 23.0 Å². The molecule has 1 N–H and O–H groups in total. The molecule has 1 aliphatic rings. The molecule has 1 aliphatic heterocycles. The number of hydrogen-bond acceptors (Lipinski definition) is 2. The van der Waals surface area contributed by atoms with Crippen LogP contribution in [-0.4, -0.2) is 14.5 Å². The Hall–Kier alpha value is -2.36. The van der Waals surface area contributed by atoms with Crippen LogP contribution in [-0.2, 0) is 13.0 Å². The van der Waals surface area contributed by atoms with Crippen LogP contribution in [0.15, 0.2) is 35.4 Å². The van der Waals surface area contributed by atoms with Gasteiger partial charge in [-0.15, -0.1) is 0 Å². The van der Waals surface area contributed by atoms with Crippen molar-refractivity contribution >= 4 is 10.9 Å². The molecule has 19 heavy (non-hydrogen) atoms. The van der Waals surface area contributed by atoms with Crippen LogP contribution >= 0.6 is 0 Å². The summed E-state index contributed by atoms with van der Waals surface area (Å²) >= 11 is 0. The van der Waals surface area contributed by atoms with E-state index < -0.39 is 0 Å². The summed E-state index contributed by atoms with van der Waals surface area (Å²) in [5, 5.41) is 1.26. The van der Waals surface area contributed by atoms with Crippen LogP contribution in [0.25, 0.3) is 22.3 Å². The van der Waals surface area contributed by atoms with E-state index in [2.05, 4.69) is 32.7 Å². The van der Waals surface area contributed by atoms with Crippen LogP contribution in [0.1, 0.15) is 11.1 Å². The van der Waals surface area contributed by atoms with Gasteiger partial charge in [-0.2, -0.15) is 4.98 Å². The molecule has 2 aromatic heterocycles. The number of aromatic nitrogens is 3. The van der Waals surface area contributed by atoms with Crippen molar-refractivity contribution in [1.82, 2.24) is 14.5 Å². The highest BCUT2D eigenvalue weighted by molar-refractivity contribution is 5.91. The molecule has 0 unspecified atom stereocenters. The Bertz CT molecular complexity index is 857. The lowest BCUT2D eigenvalue weighted by atomic mass is 10.0. The molecule has 1 aromatic carbocycles. The number of aromatic amines is 1. The Balaban J connectivity index is 2.14. The molecular formula is C15H13N3O. The highest BCUT2D eigenvalue weighted by Gasteiger charge is 2.22. The molecule has 0 fully saturated rings. The summed E-state index contributed by atoms with van der Waals surface area (Å²) in [7, 11) is 0. The van der Waals surface area contributed by atoms with Gasteiger partial charge in [0.1, 0.15) is 0 Å². The largest absolute Gasteiger partial charge is 0.353 e. The minimum atomic E-state index is -0.141. The summed E-state index contributed by atoms with van der Waals surface area (Å²) in [6.07, 6.45) is 2.62. The van der Waals surface area contributed by atoms with Crippen molar-refractivity contribution < 1.29 is 0 Å². The fraction of sp³-hybridized carbons (Fsp3) is 0.200. The molecule has 3 heterocycles. The van der Waals surface area contributed by atoms with Gasteiger partial charge in [-0.1, -0.05) is 18.2 Å². The van der Waals surface area contributed by atoms with Gasteiger partial charge in [-0.25, -0.2) is 0 Å². The third-order valence-electron chi connectivity index (χ3n) is 3.93. The third kappa shape index (κ3) is 1.34. The van der Waals surface area contributed by atoms with Crippen LogP contribution in [0.3, 0.4) is 0 Å². The predicted molar refractivity (Wildman–Crippen MR) is 74.2 cm³/mol. The zero-order valence-corrected chi connectivity index (χ0v) is 10.6. The normalized spacial score (nSPS) is 13.3. The molecule has 0 atom stereocenters. The average Bonchev–Trinajstić information content (AvgIpc) is 2.81. The van der Waals surface area contributed by atoms with Crippen molar-refractivity contribution in [3.05, 3.63) is 52.1 Å². The maximum Gasteiger partial charge on any atom is 0.276 e. The number of nitrogens with zero attached hydrogens (tertiary/aromatic N) is 2. The molecular weight excluding hydrogens is 238 g/mol. The molecule has 0 bridgehead atoms. The second-order valence-corrected chi connectivity index (χ2v) is 4.99. The first-order valence-corrected chi connectivity index (χ1v) is 6.41. The quantitative estimate of drug-likeness (QED) is 0.666. The summed E-state index contributed by atoms with van der Waals surface area (Å²) < 4.78 is 2.06. The van der Waals surface area contributed by atoms with Gasteiger partial charge >= 0.3 is 0 Å². The standard InChI is InChI=1S/C15H13N3O/c1-9-14-13-11(6-7-18(14)8-16-15(9)19)10-4-2-3-5-12(10)17-13/h2-5,8,17H,6-7H2,1H3. The van der Waals surface area contributed by atoms with Gasteiger partial charge in [0.2, 0.25) is 0 Å². The van der Waals surface area contributed by atoms with E-state index in [0.717, 1.165) is 35.4 Å². The van der Waals surface area contributed by atoms with E-state index in [4.69, 9.17) is 0 Å². The van der Waals surface area contributed by atoms with Crippen molar-refractivity contribution in [2.45, 2.75) is 19.9 Å². The molecule has 4 rings (SSSR count). The zero-order valence-electron chi connectivity index (χ0n) is 10.6. The van der Waals surface area contributed by atoms with Gasteiger partial charge < -0.3 is 9.55 Å². The van der Waals surface area contributed by atoms with Gasteiger partial charge in [0.15, 0.2) is 0 Å². The van der Waals surface area contributed by atoms with Crippen LogP contribution in [0.4, 0.5) is 0 Å². The number of para-hydroxylation sites is 1. The van der Waals surface area contributed by atoms with E-state index >= 15 is 0 Å². The highest BCUT2D eigenvalue weighted by Crippen LogP contribution is 2.34. The van der Waals surface area contributed by atoms with Gasteiger partial charge in [-0.3, -0.25) is 4.79 Å². The Labute approximate surface area is 109 Å². The monoisotopic (exact) mass is 251 g/mol. The number of H-pyrrole nitrogens is 1. The minimum absolute atomic E-state index is 0.141. The van der Waals surface area contributed by atoms with Gasteiger partial charge in [0.25, 0.3) is 5.56 Å². The van der Waals surface area contributed by atoms with Crippen LogP contribution in [0, 0.1) is 6.92 Å². The first kappa shape index (κ1) is 10.6. The number of aryl methyl sites for hydroxylation is 2. The zero-order chi connectivity index (χ0) is 13.0. The minimum Gasteiger partial charge on any atom is -0.353 e. The van der Waals surface area contributed by atoms with Crippen molar-refractivity contribution in [1.29, 1.82) is 0 Å². The van der Waals surface area contributed by atoms with E-state index in [0.29, 0.717) is 0 Å². The van der Waals surface area contributed by atoms with E-state index in [1.165, 1.54) is 10.9 Å².